The first kappa shape index (κ1) is 16.2. The topological polar surface area (TPSA) is 27.3 Å². The molecule has 1 rings (SSSR count). The van der Waals surface area contributed by atoms with Crippen LogP contribution in [0.2, 0.25) is 0 Å². The quantitative estimate of drug-likeness (QED) is 0.599. The van der Waals surface area contributed by atoms with Gasteiger partial charge in [0.1, 0.15) is 0 Å². The molecule has 0 fully saturated rings. The summed E-state index contributed by atoms with van der Waals surface area (Å²) < 4.78 is 0. The maximum Gasteiger partial charge on any atom is 0.0205 e. The van der Waals surface area contributed by atoms with E-state index in [1.807, 2.05) is 0 Å². The molecule has 19 heavy (non-hydrogen) atoms. The molecule has 3 heteroatoms. The lowest BCUT2D eigenvalue weighted by atomic mass is 10.2. The highest BCUT2D eigenvalue weighted by Crippen LogP contribution is 1.96. The number of nitrogens with one attached hydrogen (secondary N) is 2. The van der Waals surface area contributed by atoms with Crippen LogP contribution in [0.5, 0.6) is 0 Å². The van der Waals surface area contributed by atoms with Gasteiger partial charge in [0.25, 0.3) is 0 Å². The molecule has 1 aromatic rings. The van der Waals surface area contributed by atoms with E-state index in [0.29, 0.717) is 0 Å². The predicted octanol–water partition coefficient (Wildman–Crippen LogP) is 2.10. The Bertz CT molecular complexity index is 298. The molecule has 0 spiro atoms. The Hall–Kier alpha value is -0.900. The zero-order valence-electron chi connectivity index (χ0n) is 12.5. The Kier molecular flexibility index (Phi) is 9.33. The van der Waals surface area contributed by atoms with E-state index in [0.717, 1.165) is 26.2 Å². The fraction of sp³-hybridized carbons (Fsp3) is 0.625. The zero-order valence-corrected chi connectivity index (χ0v) is 12.5. The van der Waals surface area contributed by atoms with E-state index in [4.69, 9.17) is 0 Å². The zero-order chi connectivity index (χ0) is 13.8. The van der Waals surface area contributed by atoms with Gasteiger partial charge in [-0.3, -0.25) is 0 Å². The van der Waals surface area contributed by atoms with E-state index < -0.39 is 0 Å². The Morgan fingerprint density at radius 3 is 2.26 bits per heavy atom. The Balaban J connectivity index is 1.81. The van der Waals surface area contributed by atoms with Crippen LogP contribution in [0.25, 0.3) is 0 Å². The van der Waals surface area contributed by atoms with Crippen molar-refractivity contribution in [1.82, 2.24) is 15.5 Å². The average molecular weight is 263 g/mol. The van der Waals surface area contributed by atoms with Crippen molar-refractivity contribution in [3.05, 3.63) is 35.9 Å². The van der Waals surface area contributed by atoms with Gasteiger partial charge in [-0.25, -0.2) is 0 Å². The van der Waals surface area contributed by atoms with Crippen molar-refractivity contribution in [2.75, 3.05) is 40.3 Å². The third-order valence-electron chi connectivity index (χ3n) is 3.09. The second kappa shape index (κ2) is 11.0. The highest BCUT2D eigenvalue weighted by Gasteiger charge is 1.93. The van der Waals surface area contributed by atoms with E-state index in [1.54, 1.807) is 0 Å². The first-order chi connectivity index (χ1) is 9.29. The molecule has 0 aromatic heterocycles. The van der Waals surface area contributed by atoms with Gasteiger partial charge in [0.15, 0.2) is 0 Å². The number of rotatable bonds is 11. The fourth-order valence-corrected chi connectivity index (χ4v) is 1.97. The number of hydrogen-bond donors (Lipinski definition) is 2. The van der Waals surface area contributed by atoms with E-state index in [-0.39, 0.29) is 0 Å². The maximum atomic E-state index is 3.50. The molecule has 0 saturated carbocycles. The minimum absolute atomic E-state index is 0.976. The molecule has 0 aliphatic heterocycles. The molecule has 0 bridgehead atoms. The molecule has 1 aromatic carbocycles. The van der Waals surface area contributed by atoms with Crippen LogP contribution >= 0.6 is 0 Å². The van der Waals surface area contributed by atoms with Gasteiger partial charge in [-0.1, -0.05) is 30.3 Å². The Labute approximate surface area is 118 Å². The summed E-state index contributed by atoms with van der Waals surface area (Å²) in [6.45, 7) is 5.51. The predicted molar refractivity (Wildman–Crippen MR) is 83.4 cm³/mol. The van der Waals surface area contributed by atoms with E-state index >= 15 is 0 Å². The van der Waals surface area contributed by atoms with Crippen LogP contribution in [0.4, 0.5) is 0 Å². The molecule has 108 valence electrons. The van der Waals surface area contributed by atoms with Gasteiger partial charge in [-0.2, -0.15) is 0 Å². The number of unbranched alkanes of at least 4 members (excludes halogenated alkanes) is 1. The summed E-state index contributed by atoms with van der Waals surface area (Å²) in [6, 6.07) is 10.6. The molecule has 0 radical (unpaired) electrons. The fourth-order valence-electron chi connectivity index (χ4n) is 1.97. The van der Waals surface area contributed by atoms with E-state index in [2.05, 4.69) is 60.0 Å². The third-order valence-corrected chi connectivity index (χ3v) is 3.09. The molecule has 0 saturated heterocycles. The summed E-state index contributed by atoms with van der Waals surface area (Å²) in [5.74, 6) is 0. The summed E-state index contributed by atoms with van der Waals surface area (Å²) in [5, 5.41) is 6.97. The SMILES string of the molecule is CN(C)CCCCNCCCNCc1ccccc1. The van der Waals surface area contributed by atoms with E-state index in [9.17, 15) is 0 Å². The molecule has 0 unspecified atom stereocenters. The van der Waals surface area contributed by atoms with Gasteiger partial charge in [0.05, 0.1) is 0 Å². The summed E-state index contributed by atoms with van der Waals surface area (Å²) in [7, 11) is 4.26. The van der Waals surface area contributed by atoms with Gasteiger partial charge in [0, 0.05) is 6.54 Å². The standard InChI is InChI=1S/C16H29N3/c1-19(2)14-7-6-11-17-12-8-13-18-15-16-9-4-3-5-10-16/h3-5,9-10,17-18H,6-8,11-15H2,1-2H3. The van der Waals surface area contributed by atoms with Crippen LogP contribution in [0, 0.1) is 0 Å². The average Bonchev–Trinajstić information content (AvgIpc) is 2.42. The van der Waals surface area contributed by atoms with Crippen molar-refractivity contribution in [2.45, 2.75) is 25.8 Å². The first-order valence-corrected chi connectivity index (χ1v) is 7.39. The number of benzene rings is 1. The lowest BCUT2D eigenvalue weighted by molar-refractivity contribution is 0.391. The van der Waals surface area contributed by atoms with Crippen molar-refractivity contribution >= 4 is 0 Å². The first-order valence-electron chi connectivity index (χ1n) is 7.39. The molecule has 0 heterocycles. The van der Waals surface area contributed by atoms with E-state index in [1.165, 1.54) is 31.4 Å². The third kappa shape index (κ3) is 9.65. The lowest BCUT2D eigenvalue weighted by Crippen LogP contribution is -2.23. The molecule has 0 atom stereocenters. The number of nitrogens with zero attached hydrogens (tertiary/aromatic N) is 1. The van der Waals surface area contributed by atoms with Crippen molar-refractivity contribution in [3.63, 3.8) is 0 Å². The van der Waals surface area contributed by atoms with Gasteiger partial charge in [-0.05, 0) is 65.1 Å². The molecule has 2 N–H and O–H groups in total. The lowest BCUT2D eigenvalue weighted by Gasteiger charge is -2.09. The van der Waals surface area contributed by atoms with Crippen molar-refractivity contribution in [1.29, 1.82) is 0 Å². The van der Waals surface area contributed by atoms with Crippen molar-refractivity contribution in [3.8, 4) is 0 Å². The van der Waals surface area contributed by atoms with Crippen LogP contribution < -0.4 is 10.6 Å². The molecule has 0 aliphatic rings. The van der Waals surface area contributed by atoms with Crippen molar-refractivity contribution in [2.24, 2.45) is 0 Å². The molecular formula is C16H29N3. The molecule has 0 aliphatic carbocycles. The highest BCUT2D eigenvalue weighted by atomic mass is 15.0. The van der Waals surface area contributed by atoms with Crippen LogP contribution in [-0.4, -0.2) is 45.2 Å². The normalized spacial score (nSPS) is 11.1. The Morgan fingerprint density at radius 2 is 1.53 bits per heavy atom. The smallest absolute Gasteiger partial charge is 0.0205 e. The van der Waals surface area contributed by atoms with Gasteiger partial charge in [0.2, 0.25) is 0 Å². The monoisotopic (exact) mass is 263 g/mol. The van der Waals surface area contributed by atoms with Crippen molar-refractivity contribution < 1.29 is 0 Å². The van der Waals surface area contributed by atoms with Crippen LogP contribution in [0.15, 0.2) is 30.3 Å². The minimum atomic E-state index is 0.976. The summed E-state index contributed by atoms with van der Waals surface area (Å²) in [6.07, 6.45) is 3.75. The second-order valence-corrected chi connectivity index (χ2v) is 5.28. The van der Waals surface area contributed by atoms with Crippen LogP contribution in [0.3, 0.4) is 0 Å². The second-order valence-electron chi connectivity index (χ2n) is 5.28. The highest BCUT2D eigenvalue weighted by molar-refractivity contribution is 5.14. The molecule has 0 amide bonds. The summed E-state index contributed by atoms with van der Waals surface area (Å²) in [4.78, 5) is 2.24. The molecule has 3 nitrogen and oxygen atoms in total. The maximum absolute atomic E-state index is 3.50. The molecular weight excluding hydrogens is 234 g/mol. The van der Waals surface area contributed by atoms with Crippen LogP contribution in [-0.2, 0) is 6.54 Å². The number of hydrogen-bond acceptors (Lipinski definition) is 3. The Morgan fingerprint density at radius 1 is 0.842 bits per heavy atom. The minimum Gasteiger partial charge on any atom is -0.317 e. The van der Waals surface area contributed by atoms with Gasteiger partial charge < -0.3 is 15.5 Å². The van der Waals surface area contributed by atoms with Gasteiger partial charge >= 0.3 is 0 Å². The van der Waals surface area contributed by atoms with Crippen LogP contribution in [0.1, 0.15) is 24.8 Å². The summed E-state index contributed by atoms with van der Waals surface area (Å²) in [5.41, 5.74) is 1.36. The summed E-state index contributed by atoms with van der Waals surface area (Å²) >= 11 is 0. The largest absolute Gasteiger partial charge is 0.317 e. The van der Waals surface area contributed by atoms with Gasteiger partial charge in [-0.15, -0.1) is 0 Å².